The molecule has 0 unspecified atom stereocenters. The third-order valence-corrected chi connectivity index (χ3v) is 10.7. The molecule has 1 amide bonds. The third kappa shape index (κ3) is 7.64. The maximum Gasteiger partial charge on any atom is 0.237 e. The van der Waals surface area contributed by atoms with Crippen LogP contribution in [0.3, 0.4) is 0 Å². The van der Waals surface area contributed by atoms with Crippen molar-refractivity contribution in [1.82, 2.24) is 30.9 Å². The molecule has 1 saturated carbocycles. The molecule has 2 fully saturated rings. The predicted molar refractivity (Wildman–Crippen MR) is 195 cm³/mol. The van der Waals surface area contributed by atoms with Gasteiger partial charge in [0.25, 0.3) is 0 Å². The number of halogens is 2. The SMILES string of the molecule is COc1nc(O[C@H]2CCc3c(-c4cccc(-c5cnc(CN[C@@H]6CCC[C@@H]6O)c(OC)n5)c4Cl)cccc32)c(Cl)cc1CNC[C@@H]1CCC(=O)N1. The van der Waals surface area contributed by atoms with Crippen LogP contribution in [0.25, 0.3) is 22.4 Å². The quantitative estimate of drug-likeness (QED) is 0.130. The lowest BCUT2D eigenvalue weighted by Gasteiger charge is -2.19. The summed E-state index contributed by atoms with van der Waals surface area (Å²) in [5.41, 5.74) is 6.96. The van der Waals surface area contributed by atoms with E-state index < -0.39 is 0 Å². The molecule has 0 radical (unpaired) electrons. The van der Waals surface area contributed by atoms with Crippen molar-refractivity contribution >= 4 is 29.1 Å². The van der Waals surface area contributed by atoms with Gasteiger partial charge < -0.3 is 35.3 Å². The molecule has 2 aromatic carbocycles. The number of benzene rings is 2. The number of nitrogens with zero attached hydrogens (tertiary/aromatic N) is 3. The summed E-state index contributed by atoms with van der Waals surface area (Å²) in [7, 11) is 3.16. The average molecular weight is 734 g/mol. The van der Waals surface area contributed by atoms with Gasteiger partial charge in [0, 0.05) is 54.8 Å². The Morgan fingerprint density at radius 3 is 2.49 bits per heavy atom. The second-order valence-electron chi connectivity index (χ2n) is 13.3. The number of hydrogen-bond donors (Lipinski definition) is 4. The third-order valence-electron chi connectivity index (χ3n) is 10.0. The standard InChI is InChI=1S/C38H42Cl2N6O5/c1-49-36-21(17-41-18-22-12-15-34(48)44-22)16-28(39)37(46-36)51-33-14-13-24-23(6-3-7-25(24)33)26-8-4-9-27(35(26)40)30-19-43-31(38(45-30)50-2)20-42-29-10-5-11-32(29)47/h3-4,6-9,16,19,22,29,32-33,41-42,47H,5,10-15,17-18,20H2,1-2H3,(H,44,48)/t22-,29+,32-,33-/m0/s1. The molecule has 1 saturated heterocycles. The molecule has 13 heteroatoms. The van der Waals surface area contributed by atoms with Crippen molar-refractivity contribution < 1.29 is 24.1 Å². The lowest BCUT2D eigenvalue weighted by atomic mass is 9.95. The molecular weight excluding hydrogens is 691 g/mol. The first-order valence-electron chi connectivity index (χ1n) is 17.5. The van der Waals surface area contributed by atoms with Crippen LogP contribution in [-0.4, -0.2) is 64.9 Å². The van der Waals surface area contributed by atoms with Crippen molar-refractivity contribution in [2.45, 2.75) is 82.3 Å². The van der Waals surface area contributed by atoms with Gasteiger partial charge in [0.2, 0.25) is 23.5 Å². The van der Waals surface area contributed by atoms with Gasteiger partial charge in [0.15, 0.2) is 0 Å². The molecule has 7 rings (SSSR count). The first-order valence-corrected chi connectivity index (χ1v) is 18.2. The zero-order valence-corrected chi connectivity index (χ0v) is 30.2. The van der Waals surface area contributed by atoms with E-state index in [1.807, 2.05) is 30.3 Å². The van der Waals surface area contributed by atoms with Crippen molar-refractivity contribution in [3.63, 3.8) is 0 Å². The molecule has 0 bridgehead atoms. The first kappa shape index (κ1) is 35.4. The highest BCUT2D eigenvalue weighted by molar-refractivity contribution is 6.36. The maximum absolute atomic E-state index is 11.5. The van der Waals surface area contributed by atoms with E-state index >= 15 is 0 Å². The monoisotopic (exact) mass is 732 g/mol. The van der Waals surface area contributed by atoms with Gasteiger partial charge in [-0.15, -0.1) is 0 Å². The zero-order chi connectivity index (χ0) is 35.5. The van der Waals surface area contributed by atoms with E-state index in [1.54, 1.807) is 20.4 Å². The first-order chi connectivity index (χ1) is 24.8. The van der Waals surface area contributed by atoms with Crippen LogP contribution in [0.15, 0.2) is 48.7 Å². The second kappa shape index (κ2) is 15.7. The number of pyridine rings is 1. The fourth-order valence-corrected chi connectivity index (χ4v) is 7.92. The minimum Gasteiger partial charge on any atom is -0.481 e. The van der Waals surface area contributed by atoms with Crippen LogP contribution in [-0.2, 0) is 24.3 Å². The van der Waals surface area contributed by atoms with Gasteiger partial charge in [-0.05, 0) is 61.3 Å². The number of carbonyl (C=O) groups excluding carboxylic acids is 1. The minimum absolute atomic E-state index is 0.0450. The lowest BCUT2D eigenvalue weighted by molar-refractivity contribution is -0.119. The van der Waals surface area contributed by atoms with Gasteiger partial charge in [-0.25, -0.2) is 4.98 Å². The number of amides is 1. The highest BCUT2D eigenvalue weighted by atomic mass is 35.5. The van der Waals surface area contributed by atoms with E-state index in [0.717, 1.165) is 71.9 Å². The van der Waals surface area contributed by atoms with Crippen LogP contribution in [0.5, 0.6) is 17.6 Å². The highest BCUT2D eigenvalue weighted by Crippen LogP contribution is 2.44. The molecule has 3 heterocycles. The van der Waals surface area contributed by atoms with E-state index in [2.05, 4.69) is 38.1 Å². The van der Waals surface area contributed by atoms with Gasteiger partial charge in [0.05, 0.1) is 37.2 Å². The van der Waals surface area contributed by atoms with E-state index in [9.17, 15) is 9.90 Å². The average Bonchev–Trinajstić information content (AvgIpc) is 3.88. The Bertz CT molecular complexity index is 1910. The number of methoxy groups -OCH3 is 2. The number of aliphatic hydroxyl groups is 1. The Hall–Kier alpha value is -4.00. The number of rotatable bonds is 13. The summed E-state index contributed by atoms with van der Waals surface area (Å²) in [5, 5.41) is 20.9. The molecule has 268 valence electrons. The Morgan fingerprint density at radius 1 is 0.922 bits per heavy atom. The fraction of sp³-hybridized carbons (Fsp3) is 0.421. The Kier molecular flexibility index (Phi) is 10.9. The summed E-state index contributed by atoms with van der Waals surface area (Å²) in [6.07, 6.45) is 6.78. The molecule has 2 aliphatic carbocycles. The van der Waals surface area contributed by atoms with Crippen molar-refractivity contribution in [1.29, 1.82) is 0 Å². The van der Waals surface area contributed by atoms with Gasteiger partial charge in [-0.1, -0.05) is 59.6 Å². The van der Waals surface area contributed by atoms with Crippen LogP contribution < -0.4 is 30.2 Å². The molecule has 51 heavy (non-hydrogen) atoms. The zero-order valence-electron chi connectivity index (χ0n) is 28.7. The molecule has 0 spiro atoms. The number of aromatic nitrogens is 3. The Morgan fingerprint density at radius 2 is 1.73 bits per heavy atom. The van der Waals surface area contributed by atoms with E-state index in [4.69, 9.17) is 42.4 Å². The van der Waals surface area contributed by atoms with Gasteiger partial charge >= 0.3 is 0 Å². The summed E-state index contributed by atoms with van der Waals surface area (Å²) < 4.78 is 17.7. The highest BCUT2D eigenvalue weighted by Gasteiger charge is 2.30. The van der Waals surface area contributed by atoms with Gasteiger partial charge in [-0.2, -0.15) is 4.98 Å². The Labute approximate surface area is 307 Å². The van der Waals surface area contributed by atoms with Crippen LogP contribution in [0.4, 0.5) is 0 Å². The summed E-state index contributed by atoms with van der Waals surface area (Å²) >= 11 is 13.9. The minimum atomic E-state index is -0.344. The van der Waals surface area contributed by atoms with Crippen LogP contribution >= 0.6 is 23.2 Å². The van der Waals surface area contributed by atoms with Crippen LogP contribution in [0.2, 0.25) is 10.0 Å². The van der Waals surface area contributed by atoms with Gasteiger partial charge in [0.1, 0.15) is 16.8 Å². The van der Waals surface area contributed by atoms with Crippen molar-refractivity contribution in [2.75, 3.05) is 20.8 Å². The molecule has 4 aromatic rings. The van der Waals surface area contributed by atoms with Crippen molar-refractivity contribution in [3.8, 4) is 40.0 Å². The van der Waals surface area contributed by atoms with Crippen molar-refractivity contribution in [3.05, 3.63) is 81.1 Å². The second-order valence-corrected chi connectivity index (χ2v) is 14.0. The van der Waals surface area contributed by atoms with Crippen LogP contribution in [0, 0.1) is 0 Å². The molecule has 3 aliphatic rings. The fourth-order valence-electron chi connectivity index (χ4n) is 7.37. The number of fused-ring (bicyclic) bond motifs is 1. The number of ether oxygens (including phenoxy) is 3. The maximum atomic E-state index is 11.5. The van der Waals surface area contributed by atoms with E-state index in [0.29, 0.717) is 65.1 Å². The summed E-state index contributed by atoms with van der Waals surface area (Å²) in [4.78, 5) is 25.6. The van der Waals surface area contributed by atoms with Crippen molar-refractivity contribution in [2.24, 2.45) is 0 Å². The largest absolute Gasteiger partial charge is 0.481 e. The van der Waals surface area contributed by atoms with E-state index in [1.165, 1.54) is 0 Å². The molecule has 11 nitrogen and oxygen atoms in total. The summed E-state index contributed by atoms with van der Waals surface area (Å²) in [6, 6.07) is 14.1. The molecule has 4 atom stereocenters. The lowest BCUT2D eigenvalue weighted by Crippen LogP contribution is -2.35. The summed E-state index contributed by atoms with van der Waals surface area (Å²) in [5.74, 6) is 1.26. The normalized spacial score (nSPS) is 21.1. The molecular formula is C38H42Cl2N6O5. The van der Waals surface area contributed by atoms with Gasteiger partial charge in [-0.3, -0.25) is 9.78 Å². The number of hydrogen-bond acceptors (Lipinski definition) is 10. The Balaban J connectivity index is 1.08. The van der Waals surface area contributed by atoms with Crippen LogP contribution in [0.1, 0.15) is 67.0 Å². The molecule has 4 N–H and O–H groups in total. The predicted octanol–water partition coefficient (Wildman–Crippen LogP) is 5.97. The molecule has 1 aliphatic heterocycles. The molecule has 2 aromatic heterocycles. The number of aliphatic hydroxyl groups excluding tert-OH is 1. The topological polar surface area (TPSA) is 140 Å². The smallest absolute Gasteiger partial charge is 0.237 e. The summed E-state index contributed by atoms with van der Waals surface area (Å²) in [6.45, 7) is 1.59. The van der Waals surface area contributed by atoms with E-state index in [-0.39, 0.29) is 30.2 Å². The number of nitrogens with one attached hydrogen (secondary N) is 3. The number of carbonyl (C=O) groups is 1.